The second-order valence-corrected chi connectivity index (χ2v) is 19.7. The molecule has 0 fully saturated rings. The molecule has 1 aliphatic heterocycles. The predicted molar refractivity (Wildman–Crippen MR) is 242 cm³/mol. The summed E-state index contributed by atoms with van der Waals surface area (Å²) in [6.45, 7) is 4.87. The number of rotatable bonds is 7. The molecule has 8 aromatic carbocycles. The molecule has 0 saturated carbocycles. The molecule has 2 nitrogen and oxygen atoms in total. The Morgan fingerprint density at radius 2 is 0.667 bits per heavy atom. The van der Waals surface area contributed by atoms with Crippen LogP contribution in [0.25, 0.3) is 89.5 Å². The van der Waals surface area contributed by atoms with Gasteiger partial charge in [0.25, 0.3) is 0 Å². The molecular formula is C54H40N2Si. The number of aromatic nitrogens is 2. The van der Waals surface area contributed by atoms with Crippen molar-refractivity contribution in [2.24, 2.45) is 0 Å². The van der Waals surface area contributed by atoms with Crippen molar-refractivity contribution in [1.29, 1.82) is 0 Å². The first-order valence-corrected chi connectivity index (χ1v) is 22.6. The maximum Gasteiger partial charge on any atom is 0.160 e. The first kappa shape index (κ1) is 34.5. The Morgan fingerprint density at radius 3 is 1.21 bits per heavy atom. The normalized spacial score (nSPS) is 12.5. The average Bonchev–Trinajstić information content (AvgIpc) is 3.52. The molecule has 10 rings (SSSR count). The van der Waals surface area contributed by atoms with Gasteiger partial charge in [0.15, 0.2) is 5.82 Å². The minimum absolute atomic E-state index is 0.750. The molecule has 270 valence electrons. The van der Waals surface area contributed by atoms with Crippen LogP contribution >= 0.6 is 0 Å². The highest BCUT2D eigenvalue weighted by Gasteiger charge is 2.41. The van der Waals surface area contributed by atoms with Crippen LogP contribution in [0.4, 0.5) is 0 Å². The molecule has 0 bridgehead atoms. The Labute approximate surface area is 335 Å². The Morgan fingerprint density at radius 1 is 0.298 bits per heavy atom. The van der Waals surface area contributed by atoms with Gasteiger partial charge in [-0.1, -0.05) is 195 Å². The van der Waals surface area contributed by atoms with Gasteiger partial charge < -0.3 is 0 Å². The smallest absolute Gasteiger partial charge is 0.160 e. The summed E-state index contributed by atoms with van der Waals surface area (Å²) < 4.78 is 0. The van der Waals surface area contributed by atoms with Crippen molar-refractivity contribution in [2.75, 3.05) is 0 Å². The van der Waals surface area contributed by atoms with Crippen LogP contribution in [-0.2, 0) is 0 Å². The topological polar surface area (TPSA) is 25.8 Å². The van der Waals surface area contributed by atoms with Gasteiger partial charge in [-0.05, 0) is 95.8 Å². The molecule has 0 spiro atoms. The number of benzene rings is 8. The van der Waals surface area contributed by atoms with Crippen molar-refractivity contribution in [3.05, 3.63) is 206 Å². The van der Waals surface area contributed by atoms with Crippen LogP contribution in [-0.4, -0.2) is 18.0 Å². The summed E-state index contributed by atoms with van der Waals surface area (Å²) in [5, 5.41) is 2.75. The Kier molecular flexibility index (Phi) is 8.66. The zero-order valence-corrected chi connectivity index (χ0v) is 33.0. The molecule has 0 atom stereocenters. The van der Waals surface area contributed by atoms with Crippen molar-refractivity contribution in [3.8, 4) is 89.5 Å². The molecule has 0 N–H and O–H groups in total. The minimum Gasteiger partial charge on any atom is -0.228 e. The summed E-state index contributed by atoms with van der Waals surface area (Å²) in [6, 6.07) is 74.2. The third-order valence-electron chi connectivity index (χ3n) is 11.5. The molecule has 2 heterocycles. The van der Waals surface area contributed by atoms with Gasteiger partial charge in [0, 0.05) is 11.1 Å². The van der Waals surface area contributed by atoms with Crippen molar-refractivity contribution >= 4 is 18.4 Å². The SMILES string of the molecule is C[Si]1(C)c2ccccc2-c2nc(-c3cccc(-c4cc(-c5ccc(-c6ccccc6)cc5)cc(-c5ccc(-c6ccccc6)cc5)c4)c3)nc(-c3ccccc3)c21. The van der Waals surface area contributed by atoms with Gasteiger partial charge in [0.05, 0.1) is 11.4 Å². The van der Waals surface area contributed by atoms with Crippen LogP contribution in [0.5, 0.6) is 0 Å². The largest absolute Gasteiger partial charge is 0.228 e. The Bertz CT molecular complexity index is 2780. The van der Waals surface area contributed by atoms with Crippen LogP contribution in [0.15, 0.2) is 206 Å². The third-order valence-corrected chi connectivity index (χ3v) is 15.0. The molecule has 0 unspecified atom stereocenters. The molecule has 57 heavy (non-hydrogen) atoms. The fourth-order valence-corrected chi connectivity index (χ4v) is 11.7. The standard InChI is InChI=1S/C54H40N2Si/c1-57(2)50-24-13-12-23-49(50)52-53(57)51(43-19-10-5-11-20-43)55-54(56-52)45-22-14-21-44(33-45)48-35-46(41-29-25-39(26-30-41)37-15-6-3-7-16-37)34-47(36-48)42-31-27-40(28-32-42)38-17-8-4-9-18-38/h3-36H,1-2H3. The maximum absolute atomic E-state index is 5.42. The molecule has 0 saturated heterocycles. The van der Waals surface area contributed by atoms with Crippen LogP contribution in [0.1, 0.15) is 0 Å². The lowest BCUT2D eigenvalue weighted by atomic mass is 9.91. The van der Waals surface area contributed by atoms with E-state index in [-0.39, 0.29) is 0 Å². The molecular weight excluding hydrogens is 705 g/mol. The van der Waals surface area contributed by atoms with E-state index in [1.165, 1.54) is 60.4 Å². The van der Waals surface area contributed by atoms with Crippen molar-refractivity contribution < 1.29 is 0 Å². The Balaban J connectivity index is 1.10. The van der Waals surface area contributed by atoms with E-state index in [9.17, 15) is 0 Å². The monoisotopic (exact) mass is 744 g/mol. The number of hydrogen-bond acceptors (Lipinski definition) is 2. The molecule has 1 aromatic heterocycles. The zero-order chi connectivity index (χ0) is 38.3. The number of fused-ring (bicyclic) bond motifs is 3. The van der Waals surface area contributed by atoms with Gasteiger partial charge in [-0.3, -0.25) is 0 Å². The van der Waals surface area contributed by atoms with E-state index < -0.39 is 8.07 Å². The highest BCUT2D eigenvalue weighted by atomic mass is 28.3. The summed E-state index contributed by atoms with van der Waals surface area (Å²) in [5.41, 5.74) is 17.3. The van der Waals surface area contributed by atoms with Crippen LogP contribution in [0.2, 0.25) is 13.1 Å². The molecule has 3 heteroatoms. The first-order valence-electron chi connectivity index (χ1n) is 19.6. The lowest BCUT2D eigenvalue weighted by molar-refractivity contribution is 1.20. The molecule has 9 aromatic rings. The highest BCUT2D eigenvalue weighted by Crippen LogP contribution is 2.37. The molecule has 0 amide bonds. The summed E-state index contributed by atoms with van der Waals surface area (Å²) in [7, 11) is -2.04. The molecule has 0 radical (unpaired) electrons. The van der Waals surface area contributed by atoms with E-state index in [1.807, 2.05) is 0 Å². The van der Waals surface area contributed by atoms with Crippen molar-refractivity contribution in [3.63, 3.8) is 0 Å². The van der Waals surface area contributed by atoms with Gasteiger partial charge >= 0.3 is 0 Å². The molecule has 0 aliphatic carbocycles. The van der Waals surface area contributed by atoms with Gasteiger partial charge in [0.1, 0.15) is 8.07 Å². The van der Waals surface area contributed by atoms with Crippen molar-refractivity contribution in [1.82, 2.24) is 9.97 Å². The summed E-state index contributed by atoms with van der Waals surface area (Å²) in [6.07, 6.45) is 0. The number of hydrogen-bond donors (Lipinski definition) is 0. The Hall–Kier alpha value is -6.94. The zero-order valence-electron chi connectivity index (χ0n) is 32.0. The van der Waals surface area contributed by atoms with Gasteiger partial charge in [0.2, 0.25) is 0 Å². The van der Waals surface area contributed by atoms with Crippen molar-refractivity contribution in [2.45, 2.75) is 13.1 Å². The van der Waals surface area contributed by atoms with Crippen LogP contribution in [0, 0.1) is 0 Å². The lowest BCUT2D eigenvalue weighted by Crippen LogP contribution is -2.50. The van der Waals surface area contributed by atoms with Gasteiger partial charge in [-0.25, -0.2) is 9.97 Å². The maximum atomic E-state index is 5.42. The third kappa shape index (κ3) is 6.42. The van der Waals surface area contributed by atoms with Crippen LogP contribution < -0.4 is 10.4 Å². The fourth-order valence-electron chi connectivity index (χ4n) is 8.49. The highest BCUT2D eigenvalue weighted by molar-refractivity contribution is 7.04. The summed E-state index contributed by atoms with van der Waals surface area (Å²) in [4.78, 5) is 10.8. The van der Waals surface area contributed by atoms with E-state index in [2.05, 4.69) is 219 Å². The lowest BCUT2D eigenvalue weighted by Gasteiger charge is -2.21. The second-order valence-electron chi connectivity index (χ2n) is 15.4. The number of nitrogens with zero attached hydrogens (tertiary/aromatic N) is 2. The average molecular weight is 745 g/mol. The predicted octanol–water partition coefficient (Wildman–Crippen LogP) is 12.9. The molecule has 1 aliphatic rings. The summed E-state index contributed by atoms with van der Waals surface area (Å²) >= 11 is 0. The summed E-state index contributed by atoms with van der Waals surface area (Å²) in [5.74, 6) is 0.750. The second kappa shape index (κ2) is 14.3. The van der Waals surface area contributed by atoms with E-state index in [0.29, 0.717) is 0 Å². The van der Waals surface area contributed by atoms with Crippen LogP contribution in [0.3, 0.4) is 0 Å². The minimum atomic E-state index is -2.04. The van der Waals surface area contributed by atoms with Gasteiger partial charge in [-0.15, -0.1) is 0 Å². The quantitative estimate of drug-likeness (QED) is 0.152. The fraction of sp³-hybridized carbons (Fsp3) is 0.0370. The van der Waals surface area contributed by atoms with E-state index in [1.54, 1.807) is 0 Å². The van der Waals surface area contributed by atoms with E-state index in [4.69, 9.17) is 9.97 Å². The van der Waals surface area contributed by atoms with E-state index >= 15 is 0 Å². The first-order chi connectivity index (χ1) is 28.0. The van der Waals surface area contributed by atoms with Gasteiger partial charge in [-0.2, -0.15) is 0 Å². The van der Waals surface area contributed by atoms with E-state index in [0.717, 1.165) is 39.5 Å².